The van der Waals surface area contributed by atoms with Gasteiger partial charge in [-0.15, -0.1) is 5.10 Å². The highest BCUT2D eigenvalue weighted by atomic mass is 35.5. The molecule has 1 heterocycles. The van der Waals surface area contributed by atoms with Crippen molar-refractivity contribution in [3.05, 3.63) is 77.0 Å². The van der Waals surface area contributed by atoms with Crippen LogP contribution in [0.1, 0.15) is 16.1 Å². The number of allylic oxidation sites excluding steroid dienone is 1. The van der Waals surface area contributed by atoms with Gasteiger partial charge in [-0.25, -0.2) is 0 Å². The fourth-order valence-electron chi connectivity index (χ4n) is 2.15. The molecule has 114 valence electrons. The molecule has 3 aromatic rings. The van der Waals surface area contributed by atoms with Crippen molar-refractivity contribution in [1.82, 2.24) is 5.10 Å². The molecule has 0 amide bonds. The van der Waals surface area contributed by atoms with Crippen LogP contribution >= 0.6 is 11.6 Å². The average molecular weight is 325 g/mol. The van der Waals surface area contributed by atoms with Gasteiger partial charge in [-0.2, -0.15) is 5.10 Å². The first-order valence-corrected chi connectivity index (χ1v) is 7.44. The van der Waals surface area contributed by atoms with E-state index in [-0.39, 0.29) is 5.78 Å². The highest BCUT2D eigenvalue weighted by molar-refractivity contribution is 6.30. The molecule has 0 bridgehead atoms. The number of halogens is 1. The molecule has 1 aromatic heterocycles. The number of hydrogen-bond acceptors (Lipinski definition) is 2. The zero-order valence-corrected chi connectivity index (χ0v) is 13.0. The molecule has 3 rings (SSSR count). The van der Waals surface area contributed by atoms with Gasteiger partial charge < -0.3 is 5.73 Å². The lowest BCUT2D eigenvalue weighted by molar-refractivity contribution is -0.437. The van der Waals surface area contributed by atoms with Crippen LogP contribution in [0.2, 0.25) is 5.02 Å². The number of nitrogen functional groups attached to an aromatic ring is 1. The SMILES string of the molecule is Nc1ccc(C(=O)/C=C/c2cc(-c3ccc(Cl)cc3)[nH+][nH]2)cc1. The number of H-pyrrole nitrogens is 2. The number of nitrogens with one attached hydrogen (secondary N) is 2. The molecule has 0 aliphatic carbocycles. The summed E-state index contributed by atoms with van der Waals surface area (Å²) in [6.07, 6.45) is 3.26. The van der Waals surface area contributed by atoms with E-state index in [1.165, 1.54) is 6.08 Å². The maximum Gasteiger partial charge on any atom is 0.236 e. The van der Waals surface area contributed by atoms with E-state index in [1.54, 1.807) is 30.3 Å². The van der Waals surface area contributed by atoms with Crippen molar-refractivity contribution in [2.24, 2.45) is 0 Å². The second-order valence-corrected chi connectivity index (χ2v) is 5.53. The van der Waals surface area contributed by atoms with Crippen LogP contribution in [0.25, 0.3) is 17.3 Å². The fourth-order valence-corrected chi connectivity index (χ4v) is 2.28. The summed E-state index contributed by atoms with van der Waals surface area (Å²) in [6, 6.07) is 16.3. The largest absolute Gasteiger partial charge is 0.399 e. The molecule has 4 N–H and O–H groups in total. The van der Waals surface area contributed by atoms with Gasteiger partial charge in [0.2, 0.25) is 5.69 Å². The summed E-state index contributed by atoms with van der Waals surface area (Å²) < 4.78 is 0. The summed E-state index contributed by atoms with van der Waals surface area (Å²) in [5.74, 6) is -0.0763. The smallest absolute Gasteiger partial charge is 0.236 e. The molecule has 0 spiro atoms. The third-order valence-electron chi connectivity index (χ3n) is 3.41. The summed E-state index contributed by atoms with van der Waals surface area (Å²) in [6.45, 7) is 0. The third kappa shape index (κ3) is 3.67. The van der Waals surface area contributed by atoms with E-state index in [9.17, 15) is 4.79 Å². The van der Waals surface area contributed by atoms with Crippen molar-refractivity contribution in [2.45, 2.75) is 0 Å². The molecule has 0 fully saturated rings. The Morgan fingerprint density at radius 3 is 2.48 bits per heavy atom. The van der Waals surface area contributed by atoms with E-state index in [0.717, 1.165) is 17.0 Å². The Morgan fingerprint density at radius 1 is 1.09 bits per heavy atom. The zero-order valence-electron chi connectivity index (χ0n) is 12.2. The van der Waals surface area contributed by atoms with E-state index in [2.05, 4.69) is 10.2 Å². The van der Waals surface area contributed by atoms with Crippen LogP contribution in [0.5, 0.6) is 0 Å². The molecule has 4 nitrogen and oxygen atoms in total. The molecule has 0 unspecified atom stereocenters. The number of carbonyl (C=O) groups is 1. The van der Waals surface area contributed by atoms with Crippen LogP contribution in [0, 0.1) is 0 Å². The fraction of sp³-hybridized carbons (Fsp3) is 0. The summed E-state index contributed by atoms with van der Waals surface area (Å²) in [4.78, 5) is 12.1. The standard InChI is InChI=1S/C18H14ClN3O/c19-14-5-1-12(2-6-14)17-11-16(21-22-17)9-10-18(23)13-3-7-15(20)8-4-13/h1-11H,20H2,(H,21,22)/p+1/b10-9+. The Hall–Kier alpha value is -2.85. The molecule has 0 radical (unpaired) electrons. The second kappa shape index (κ2) is 6.50. The second-order valence-electron chi connectivity index (χ2n) is 5.09. The van der Waals surface area contributed by atoms with Gasteiger partial charge >= 0.3 is 0 Å². The van der Waals surface area contributed by atoms with Crippen LogP contribution in [-0.2, 0) is 0 Å². The van der Waals surface area contributed by atoms with Gasteiger partial charge in [0.25, 0.3) is 0 Å². The van der Waals surface area contributed by atoms with Gasteiger partial charge in [0.05, 0.1) is 0 Å². The lowest BCUT2D eigenvalue weighted by Crippen LogP contribution is -2.04. The van der Waals surface area contributed by atoms with Crippen LogP contribution < -0.4 is 10.8 Å². The minimum Gasteiger partial charge on any atom is -0.399 e. The summed E-state index contributed by atoms with van der Waals surface area (Å²) in [5, 5.41) is 6.78. The van der Waals surface area contributed by atoms with Crippen molar-refractivity contribution in [3.63, 3.8) is 0 Å². The molecule has 0 atom stereocenters. The number of nitrogens with two attached hydrogens (primary N) is 1. The molecule has 0 saturated heterocycles. The lowest BCUT2D eigenvalue weighted by Gasteiger charge is -1.95. The predicted molar refractivity (Wildman–Crippen MR) is 92.0 cm³/mol. The van der Waals surface area contributed by atoms with Crippen LogP contribution in [0.3, 0.4) is 0 Å². The highest BCUT2D eigenvalue weighted by Gasteiger charge is 2.09. The molecular weight excluding hydrogens is 310 g/mol. The first kappa shape index (κ1) is 15.1. The van der Waals surface area contributed by atoms with E-state index in [1.807, 2.05) is 30.3 Å². The average Bonchev–Trinajstić information content (AvgIpc) is 3.03. The van der Waals surface area contributed by atoms with Gasteiger partial charge in [0, 0.05) is 27.9 Å². The Kier molecular flexibility index (Phi) is 4.26. The Balaban J connectivity index is 1.74. The van der Waals surface area contributed by atoms with Crippen molar-refractivity contribution in [2.75, 3.05) is 5.73 Å². The third-order valence-corrected chi connectivity index (χ3v) is 3.66. The topological polar surface area (TPSA) is 73.0 Å². The molecule has 0 aliphatic heterocycles. The zero-order chi connectivity index (χ0) is 16.2. The number of benzene rings is 2. The number of aromatic amines is 2. The lowest BCUT2D eigenvalue weighted by atomic mass is 10.1. The van der Waals surface area contributed by atoms with E-state index < -0.39 is 0 Å². The van der Waals surface area contributed by atoms with Crippen LogP contribution in [0.15, 0.2) is 60.7 Å². The van der Waals surface area contributed by atoms with Crippen LogP contribution in [-0.4, -0.2) is 10.9 Å². The van der Waals surface area contributed by atoms with E-state index in [0.29, 0.717) is 16.3 Å². The maximum atomic E-state index is 12.1. The normalized spacial score (nSPS) is 11.0. The molecule has 23 heavy (non-hydrogen) atoms. The van der Waals surface area contributed by atoms with Gasteiger partial charge in [0.1, 0.15) is 5.69 Å². The quantitative estimate of drug-likeness (QED) is 0.437. The summed E-state index contributed by atoms with van der Waals surface area (Å²) in [7, 11) is 0. The summed E-state index contributed by atoms with van der Waals surface area (Å²) >= 11 is 5.88. The molecule has 2 aromatic carbocycles. The molecule has 5 heteroatoms. The monoisotopic (exact) mass is 324 g/mol. The van der Waals surface area contributed by atoms with Gasteiger partial charge in [-0.3, -0.25) is 4.79 Å². The van der Waals surface area contributed by atoms with Crippen molar-refractivity contribution >= 4 is 29.1 Å². The molecular formula is C18H15ClN3O+. The van der Waals surface area contributed by atoms with E-state index in [4.69, 9.17) is 17.3 Å². The molecule has 0 aliphatic rings. The Morgan fingerprint density at radius 2 is 1.78 bits per heavy atom. The maximum absolute atomic E-state index is 12.1. The van der Waals surface area contributed by atoms with Crippen molar-refractivity contribution in [3.8, 4) is 11.3 Å². The Bertz CT molecular complexity index is 849. The van der Waals surface area contributed by atoms with Gasteiger partial charge in [-0.1, -0.05) is 11.6 Å². The van der Waals surface area contributed by atoms with Gasteiger partial charge in [0.15, 0.2) is 5.78 Å². The number of ketones is 1. The first-order chi connectivity index (χ1) is 11.1. The number of carbonyl (C=O) groups excluding carboxylic acids is 1. The number of hydrogen-bond donors (Lipinski definition) is 2. The summed E-state index contributed by atoms with van der Waals surface area (Å²) in [5.41, 5.74) is 9.58. The first-order valence-electron chi connectivity index (χ1n) is 7.06. The molecule has 0 saturated carbocycles. The van der Waals surface area contributed by atoms with Crippen LogP contribution in [0.4, 0.5) is 5.69 Å². The number of aromatic nitrogens is 2. The number of anilines is 1. The minimum atomic E-state index is -0.0763. The minimum absolute atomic E-state index is 0.0763. The van der Waals surface area contributed by atoms with Crippen molar-refractivity contribution in [1.29, 1.82) is 0 Å². The highest BCUT2D eigenvalue weighted by Crippen LogP contribution is 2.18. The van der Waals surface area contributed by atoms with Crippen molar-refractivity contribution < 1.29 is 9.89 Å². The number of rotatable bonds is 4. The van der Waals surface area contributed by atoms with Gasteiger partial charge in [-0.05, 0) is 60.7 Å². The van der Waals surface area contributed by atoms with E-state index >= 15 is 0 Å². The predicted octanol–water partition coefficient (Wildman–Crippen LogP) is 3.63. The Labute approximate surface area is 138 Å².